The van der Waals surface area contributed by atoms with E-state index >= 15 is 0 Å². The Bertz CT molecular complexity index is 368. The Morgan fingerprint density at radius 1 is 1.61 bits per heavy atom. The van der Waals surface area contributed by atoms with Crippen LogP contribution in [0.2, 0.25) is 0 Å². The number of nitrogens with one attached hydrogen (secondary N) is 1. The molecule has 0 spiro atoms. The first-order valence-corrected chi connectivity index (χ1v) is 6.21. The van der Waals surface area contributed by atoms with E-state index in [1.54, 1.807) is 7.11 Å². The average molecular weight is 249 g/mol. The van der Waals surface area contributed by atoms with Crippen molar-refractivity contribution in [3.8, 4) is 0 Å². The van der Waals surface area contributed by atoms with Gasteiger partial charge in [0.05, 0.1) is 6.61 Å². The SMILES string of the molecule is C=CCN(CCOC)c1ncccc1C(C)NC. The zero-order valence-corrected chi connectivity index (χ0v) is 11.5. The number of pyridine rings is 1. The van der Waals surface area contributed by atoms with Crippen molar-refractivity contribution < 1.29 is 4.74 Å². The Labute approximate surface area is 110 Å². The molecule has 1 heterocycles. The van der Waals surface area contributed by atoms with Crippen LogP contribution in [0.4, 0.5) is 5.82 Å². The quantitative estimate of drug-likeness (QED) is 0.715. The molecule has 0 saturated carbocycles. The van der Waals surface area contributed by atoms with Gasteiger partial charge in [0.15, 0.2) is 0 Å². The first kappa shape index (κ1) is 14.7. The third-order valence-corrected chi connectivity index (χ3v) is 2.93. The van der Waals surface area contributed by atoms with Crippen LogP contribution in [0.15, 0.2) is 31.0 Å². The smallest absolute Gasteiger partial charge is 0.133 e. The van der Waals surface area contributed by atoms with E-state index in [9.17, 15) is 0 Å². The van der Waals surface area contributed by atoms with Crippen molar-refractivity contribution in [1.82, 2.24) is 10.3 Å². The molecule has 1 aromatic rings. The Kier molecular flexibility index (Phi) is 6.39. The maximum absolute atomic E-state index is 5.15. The summed E-state index contributed by atoms with van der Waals surface area (Å²) in [6, 6.07) is 4.34. The molecule has 1 rings (SSSR count). The van der Waals surface area contributed by atoms with E-state index < -0.39 is 0 Å². The Morgan fingerprint density at radius 2 is 2.39 bits per heavy atom. The summed E-state index contributed by atoms with van der Waals surface area (Å²) >= 11 is 0. The van der Waals surface area contributed by atoms with Crippen LogP contribution in [0.1, 0.15) is 18.5 Å². The third kappa shape index (κ3) is 3.82. The summed E-state index contributed by atoms with van der Waals surface area (Å²) in [6.07, 6.45) is 3.71. The van der Waals surface area contributed by atoms with E-state index in [0.29, 0.717) is 6.61 Å². The minimum absolute atomic E-state index is 0.267. The summed E-state index contributed by atoms with van der Waals surface area (Å²) in [5, 5.41) is 3.25. The topological polar surface area (TPSA) is 37.4 Å². The number of aromatic nitrogens is 1. The van der Waals surface area contributed by atoms with Gasteiger partial charge in [0.25, 0.3) is 0 Å². The molecule has 0 bridgehead atoms. The van der Waals surface area contributed by atoms with Gasteiger partial charge >= 0.3 is 0 Å². The second-order valence-corrected chi connectivity index (χ2v) is 4.15. The molecule has 18 heavy (non-hydrogen) atoms. The molecule has 4 heteroatoms. The van der Waals surface area contributed by atoms with Crippen molar-refractivity contribution in [2.75, 3.05) is 38.8 Å². The lowest BCUT2D eigenvalue weighted by atomic mass is 10.1. The van der Waals surface area contributed by atoms with Crippen molar-refractivity contribution in [3.05, 3.63) is 36.5 Å². The summed E-state index contributed by atoms with van der Waals surface area (Å²) in [7, 11) is 3.66. The van der Waals surface area contributed by atoms with Crippen LogP contribution in [0.5, 0.6) is 0 Å². The van der Waals surface area contributed by atoms with Gasteiger partial charge in [0.1, 0.15) is 5.82 Å². The van der Waals surface area contributed by atoms with Crippen LogP contribution in [-0.4, -0.2) is 38.8 Å². The van der Waals surface area contributed by atoms with Crippen LogP contribution >= 0.6 is 0 Å². The number of hydrogen-bond acceptors (Lipinski definition) is 4. The highest BCUT2D eigenvalue weighted by Crippen LogP contribution is 2.23. The van der Waals surface area contributed by atoms with Gasteiger partial charge in [-0.25, -0.2) is 4.98 Å². The zero-order valence-electron chi connectivity index (χ0n) is 11.5. The summed E-state index contributed by atoms with van der Waals surface area (Å²) in [4.78, 5) is 6.68. The fraction of sp³-hybridized carbons (Fsp3) is 0.500. The molecule has 1 aromatic heterocycles. The molecule has 0 aromatic carbocycles. The second-order valence-electron chi connectivity index (χ2n) is 4.15. The van der Waals surface area contributed by atoms with Crippen LogP contribution in [0, 0.1) is 0 Å². The number of hydrogen-bond donors (Lipinski definition) is 1. The van der Waals surface area contributed by atoms with Gasteiger partial charge in [-0.3, -0.25) is 0 Å². The highest BCUT2D eigenvalue weighted by molar-refractivity contribution is 5.48. The standard InChI is InChI=1S/C14H23N3O/c1-5-9-17(10-11-18-4)14-13(12(2)15-3)7-6-8-16-14/h5-8,12,15H,1,9-11H2,2-4H3. The van der Waals surface area contributed by atoms with Gasteiger partial charge in [-0.05, 0) is 20.0 Å². The lowest BCUT2D eigenvalue weighted by Gasteiger charge is -2.26. The van der Waals surface area contributed by atoms with Crippen molar-refractivity contribution in [2.24, 2.45) is 0 Å². The molecular weight excluding hydrogens is 226 g/mol. The number of methoxy groups -OCH3 is 1. The average Bonchev–Trinajstić information content (AvgIpc) is 2.42. The van der Waals surface area contributed by atoms with Crippen molar-refractivity contribution in [3.63, 3.8) is 0 Å². The van der Waals surface area contributed by atoms with Gasteiger partial charge < -0.3 is 15.0 Å². The molecule has 100 valence electrons. The summed E-state index contributed by atoms with van der Waals surface area (Å²) < 4.78 is 5.15. The minimum Gasteiger partial charge on any atom is -0.383 e. The van der Waals surface area contributed by atoms with Gasteiger partial charge in [-0.15, -0.1) is 6.58 Å². The van der Waals surface area contributed by atoms with Crippen molar-refractivity contribution in [1.29, 1.82) is 0 Å². The van der Waals surface area contributed by atoms with Gasteiger partial charge in [0, 0.05) is 38.0 Å². The predicted octanol–water partition coefficient (Wildman–Crippen LogP) is 2.00. The van der Waals surface area contributed by atoms with Gasteiger partial charge in [-0.1, -0.05) is 12.1 Å². The predicted molar refractivity (Wildman–Crippen MR) is 76.0 cm³/mol. The molecular formula is C14H23N3O. The minimum atomic E-state index is 0.267. The Hall–Kier alpha value is -1.39. The Morgan fingerprint density at radius 3 is 3.00 bits per heavy atom. The first-order chi connectivity index (χ1) is 8.74. The van der Waals surface area contributed by atoms with E-state index in [1.807, 2.05) is 25.4 Å². The maximum atomic E-state index is 5.15. The summed E-state index contributed by atoms with van der Waals surface area (Å²) in [6.45, 7) is 8.19. The number of rotatable bonds is 8. The molecule has 0 aliphatic carbocycles. The second kappa shape index (κ2) is 7.84. The summed E-state index contributed by atoms with van der Waals surface area (Å²) in [5.74, 6) is 0.997. The largest absolute Gasteiger partial charge is 0.383 e. The summed E-state index contributed by atoms with van der Waals surface area (Å²) in [5.41, 5.74) is 1.19. The van der Waals surface area contributed by atoms with E-state index in [0.717, 1.165) is 18.9 Å². The lowest BCUT2D eigenvalue weighted by Crippen LogP contribution is -2.30. The number of nitrogens with zero attached hydrogens (tertiary/aromatic N) is 2. The monoisotopic (exact) mass is 249 g/mol. The molecule has 0 aliphatic heterocycles. The van der Waals surface area contributed by atoms with Crippen LogP contribution in [-0.2, 0) is 4.74 Å². The molecule has 0 aliphatic rings. The maximum Gasteiger partial charge on any atom is 0.133 e. The van der Waals surface area contributed by atoms with Gasteiger partial charge in [-0.2, -0.15) is 0 Å². The molecule has 0 radical (unpaired) electrons. The van der Waals surface area contributed by atoms with E-state index in [1.165, 1.54) is 5.56 Å². The molecule has 0 amide bonds. The molecule has 0 saturated heterocycles. The first-order valence-electron chi connectivity index (χ1n) is 6.21. The Balaban J connectivity index is 2.98. The van der Waals surface area contributed by atoms with E-state index in [4.69, 9.17) is 4.74 Å². The zero-order chi connectivity index (χ0) is 13.4. The number of ether oxygens (including phenoxy) is 1. The molecule has 1 unspecified atom stereocenters. The highest BCUT2D eigenvalue weighted by Gasteiger charge is 2.14. The molecule has 1 N–H and O–H groups in total. The lowest BCUT2D eigenvalue weighted by molar-refractivity contribution is 0.205. The van der Waals surface area contributed by atoms with E-state index in [-0.39, 0.29) is 6.04 Å². The fourth-order valence-electron chi connectivity index (χ4n) is 1.81. The van der Waals surface area contributed by atoms with Gasteiger partial charge in [0.2, 0.25) is 0 Å². The van der Waals surface area contributed by atoms with E-state index in [2.05, 4.69) is 34.8 Å². The van der Waals surface area contributed by atoms with Crippen LogP contribution < -0.4 is 10.2 Å². The fourth-order valence-corrected chi connectivity index (χ4v) is 1.81. The van der Waals surface area contributed by atoms with Crippen molar-refractivity contribution in [2.45, 2.75) is 13.0 Å². The van der Waals surface area contributed by atoms with Crippen LogP contribution in [0.3, 0.4) is 0 Å². The third-order valence-electron chi connectivity index (χ3n) is 2.93. The normalized spacial score (nSPS) is 12.2. The molecule has 0 fully saturated rings. The number of anilines is 1. The van der Waals surface area contributed by atoms with Crippen molar-refractivity contribution >= 4 is 5.82 Å². The van der Waals surface area contributed by atoms with Crippen LogP contribution in [0.25, 0.3) is 0 Å². The molecule has 4 nitrogen and oxygen atoms in total. The highest BCUT2D eigenvalue weighted by atomic mass is 16.5. The molecule has 1 atom stereocenters.